The molecule has 1 aromatic heterocycles. The van der Waals surface area contributed by atoms with Gasteiger partial charge in [0.05, 0.1) is 23.0 Å². The average Bonchev–Trinajstić information content (AvgIpc) is 3.12. The number of carbonyl (C=O) groups excluding carboxylic acids is 2. The van der Waals surface area contributed by atoms with Crippen LogP contribution < -0.4 is 5.32 Å². The zero-order chi connectivity index (χ0) is 22.0. The number of benzene rings is 2. The number of hydrogen-bond donors (Lipinski definition) is 1. The molecule has 0 aliphatic carbocycles. The van der Waals surface area contributed by atoms with Crippen molar-refractivity contribution >= 4 is 17.5 Å². The first-order valence-corrected chi connectivity index (χ1v) is 10.4. The first-order valence-electron chi connectivity index (χ1n) is 10.4. The van der Waals surface area contributed by atoms with Crippen LogP contribution in [0.25, 0.3) is 5.69 Å². The molecule has 3 aromatic rings. The van der Waals surface area contributed by atoms with Gasteiger partial charge in [-0.05, 0) is 69.2 Å². The van der Waals surface area contributed by atoms with E-state index in [9.17, 15) is 14.0 Å². The number of hydrogen-bond acceptors (Lipinski definition) is 3. The molecule has 160 valence electrons. The van der Waals surface area contributed by atoms with Crippen molar-refractivity contribution < 1.29 is 14.0 Å². The second-order valence-corrected chi connectivity index (χ2v) is 7.94. The van der Waals surface area contributed by atoms with Gasteiger partial charge in [0.2, 0.25) is 5.91 Å². The van der Waals surface area contributed by atoms with Crippen molar-refractivity contribution in [2.75, 3.05) is 18.4 Å². The predicted molar refractivity (Wildman–Crippen MR) is 117 cm³/mol. The van der Waals surface area contributed by atoms with Gasteiger partial charge in [-0.25, -0.2) is 9.07 Å². The van der Waals surface area contributed by atoms with Crippen LogP contribution in [-0.2, 0) is 4.79 Å². The maximum atomic E-state index is 13.2. The van der Waals surface area contributed by atoms with Crippen molar-refractivity contribution in [3.8, 4) is 5.69 Å². The summed E-state index contributed by atoms with van der Waals surface area (Å²) in [4.78, 5) is 27.5. The molecule has 2 heterocycles. The van der Waals surface area contributed by atoms with Crippen molar-refractivity contribution in [2.45, 2.75) is 26.7 Å². The average molecular weight is 420 g/mol. The third-order valence-corrected chi connectivity index (χ3v) is 5.57. The Kier molecular flexibility index (Phi) is 5.84. The third kappa shape index (κ3) is 4.50. The van der Waals surface area contributed by atoms with Crippen LogP contribution in [0, 0.1) is 25.6 Å². The topological polar surface area (TPSA) is 67.2 Å². The first-order chi connectivity index (χ1) is 14.9. The van der Waals surface area contributed by atoms with Crippen LogP contribution in [-0.4, -0.2) is 39.6 Å². The van der Waals surface area contributed by atoms with Gasteiger partial charge < -0.3 is 10.2 Å². The smallest absolute Gasteiger partial charge is 0.253 e. The lowest BCUT2D eigenvalue weighted by molar-refractivity contribution is -0.121. The number of anilines is 1. The highest BCUT2D eigenvalue weighted by molar-refractivity contribution is 5.97. The van der Waals surface area contributed by atoms with Gasteiger partial charge >= 0.3 is 0 Å². The summed E-state index contributed by atoms with van der Waals surface area (Å²) in [7, 11) is 0. The summed E-state index contributed by atoms with van der Waals surface area (Å²) >= 11 is 0. The van der Waals surface area contributed by atoms with E-state index in [2.05, 4.69) is 10.4 Å². The number of nitrogens with one attached hydrogen (secondary N) is 1. The highest BCUT2D eigenvalue weighted by Gasteiger charge is 2.29. The minimum Gasteiger partial charge on any atom is -0.338 e. The van der Waals surface area contributed by atoms with Crippen LogP contribution in [0.5, 0.6) is 0 Å². The Morgan fingerprint density at radius 3 is 2.55 bits per heavy atom. The summed E-state index contributed by atoms with van der Waals surface area (Å²) in [6, 6.07) is 15.0. The second-order valence-electron chi connectivity index (χ2n) is 7.94. The van der Waals surface area contributed by atoms with Gasteiger partial charge in [-0.1, -0.05) is 12.1 Å². The van der Waals surface area contributed by atoms with Gasteiger partial charge in [0.25, 0.3) is 5.91 Å². The van der Waals surface area contributed by atoms with Crippen LogP contribution in [0.3, 0.4) is 0 Å². The number of nitrogens with zero attached hydrogens (tertiary/aromatic N) is 3. The van der Waals surface area contributed by atoms with Gasteiger partial charge in [0.1, 0.15) is 5.82 Å². The highest BCUT2D eigenvalue weighted by atomic mass is 19.1. The Hall–Kier alpha value is -3.48. The highest BCUT2D eigenvalue weighted by Crippen LogP contribution is 2.25. The van der Waals surface area contributed by atoms with Gasteiger partial charge in [-0.3, -0.25) is 9.59 Å². The van der Waals surface area contributed by atoms with Gasteiger partial charge in [-0.15, -0.1) is 0 Å². The number of likely N-dealkylation sites (tertiary alicyclic amines) is 1. The molecule has 1 atom stereocenters. The minimum absolute atomic E-state index is 0.120. The van der Waals surface area contributed by atoms with Crippen molar-refractivity contribution in [1.82, 2.24) is 14.7 Å². The van der Waals surface area contributed by atoms with Crippen LogP contribution in [0.4, 0.5) is 10.1 Å². The predicted octanol–water partition coefficient (Wildman–Crippen LogP) is 4.12. The fourth-order valence-corrected chi connectivity index (χ4v) is 4.02. The van der Waals surface area contributed by atoms with E-state index < -0.39 is 0 Å². The molecule has 0 radical (unpaired) electrons. The van der Waals surface area contributed by atoms with E-state index in [0.717, 1.165) is 23.5 Å². The number of amides is 2. The number of carbonyl (C=O) groups is 2. The van der Waals surface area contributed by atoms with Gasteiger partial charge in [0.15, 0.2) is 0 Å². The molecule has 1 saturated heterocycles. The van der Waals surface area contributed by atoms with E-state index in [0.29, 0.717) is 30.8 Å². The summed E-state index contributed by atoms with van der Waals surface area (Å²) in [6.07, 6.45) is 1.45. The second kappa shape index (κ2) is 8.71. The molecule has 1 N–H and O–H groups in total. The number of rotatable bonds is 4. The van der Waals surface area contributed by atoms with E-state index >= 15 is 0 Å². The van der Waals surface area contributed by atoms with E-state index in [1.807, 2.05) is 48.9 Å². The van der Waals surface area contributed by atoms with Gasteiger partial charge in [-0.2, -0.15) is 5.10 Å². The number of aryl methyl sites for hydroxylation is 2. The normalized spacial score (nSPS) is 16.2. The largest absolute Gasteiger partial charge is 0.338 e. The van der Waals surface area contributed by atoms with Crippen LogP contribution in [0.1, 0.15) is 34.6 Å². The molecule has 1 fully saturated rings. The molecule has 6 nitrogen and oxygen atoms in total. The van der Waals surface area contributed by atoms with Crippen molar-refractivity contribution in [1.29, 1.82) is 0 Å². The maximum Gasteiger partial charge on any atom is 0.253 e. The fourth-order valence-electron chi connectivity index (χ4n) is 4.02. The molecule has 0 bridgehead atoms. The SMILES string of the molecule is Cc1cc(C)n(-c2ccccc2NC(=O)C2CCCN(C(=O)c3ccc(F)cc3)C2)n1. The molecule has 31 heavy (non-hydrogen) atoms. The Morgan fingerprint density at radius 2 is 1.84 bits per heavy atom. The summed E-state index contributed by atoms with van der Waals surface area (Å²) in [5.41, 5.74) is 3.79. The monoisotopic (exact) mass is 420 g/mol. The van der Waals surface area contributed by atoms with Crippen LogP contribution in [0.15, 0.2) is 54.6 Å². The van der Waals surface area contributed by atoms with Crippen molar-refractivity contribution in [2.24, 2.45) is 5.92 Å². The van der Waals surface area contributed by atoms with E-state index in [4.69, 9.17) is 0 Å². The molecule has 7 heteroatoms. The van der Waals surface area contributed by atoms with Crippen molar-refractivity contribution in [3.63, 3.8) is 0 Å². The standard InChI is InChI=1S/C24H25FN4O2/c1-16-14-17(2)29(27-16)22-8-4-3-7-21(22)26-23(30)19-6-5-13-28(15-19)24(31)18-9-11-20(25)12-10-18/h3-4,7-12,14,19H,5-6,13,15H2,1-2H3,(H,26,30). The Labute approximate surface area is 180 Å². The molecule has 4 rings (SSSR count). The van der Waals surface area contributed by atoms with Crippen LogP contribution >= 0.6 is 0 Å². The Bertz CT molecular complexity index is 1110. The minimum atomic E-state index is -0.381. The molecule has 1 aliphatic heterocycles. The number of halogens is 1. The molecule has 1 unspecified atom stereocenters. The van der Waals surface area contributed by atoms with Crippen LogP contribution in [0.2, 0.25) is 0 Å². The lowest BCUT2D eigenvalue weighted by Crippen LogP contribution is -2.43. The number of aromatic nitrogens is 2. The summed E-state index contributed by atoms with van der Waals surface area (Å²) in [5.74, 6) is -0.994. The summed E-state index contributed by atoms with van der Waals surface area (Å²) < 4.78 is 15.0. The molecule has 2 aromatic carbocycles. The number of piperidine rings is 1. The Balaban J connectivity index is 1.49. The summed E-state index contributed by atoms with van der Waals surface area (Å²) in [5, 5.41) is 7.56. The Morgan fingerprint density at radius 1 is 1.10 bits per heavy atom. The lowest BCUT2D eigenvalue weighted by atomic mass is 9.96. The lowest BCUT2D eigenvalue weighted by Gasteiger charge is -2.32. The van der Waals surface area contributed by atoms with E-state index in [1.54, 1.807) is 4.90 Å². The van der Waals surface area contributed by atoms with Gasteiger partial charge in [0, 0.05) is 24.3 Å². The molecule has 2 amide bonds. The molecule has 1 aliphatic rings. The first kappa shape index (κ1) is 20.8. The molecular weight excluding hydrogens is 395 g/mol. The zero-order valence-corrected chi connectivity index (χ0v) is 17.6. The maximum absolute atomic E-state index is 13.2. The van der Waals surface area contributed by atoms with E-state index in [-0.39, 0.29) is 23.5 Å². The third-order valence-electron chi connectivity index (χ3n) is 5.57. The van der Waals surface area contributed by atoms with Crippen molar-refractivity contribution in [3.05, 3.63) is 77.4 Å². The summed E-state index contributed by atoms with van der Waals surface area (Å²) in [6.45, 7) is 4.82. The number of para-hydroxylation sites is 2. The molecular formula is C24H25FN4O2. The molecule has 0 saturated carbocycles. The quantitative estimate of drug-likeness (QED) is 0.690. The fraction of sp³-hybridized carbons (Fsp3) is 0.292. The molecule has 0 spiro atoms. The zero-order valence-electron chi connectivity index (χ0n) is 17.6. The van der Waals surface area contributed by atoms with E-state index in [1.165, 1.54) is 24.3 Å².